The second-order valence-electron chi connectivity index (χ2n) is 5.27. The van der Waals surface area contributed by atoms with E-state index < -0.39 is 11.4 Å². The maximum atomic E-state index is 11.1. The Labute approximate surface area is 164 Å². The molecule has 123 valence electrons. The molecule has 0 aromatic heterocycles. The summed E-state index contributed by atoms with van der Waals surface area (Å²) in [6.45, 7) is 3.91. The number of phenols is 2. The molecule has 0 fully saturated rings. The van der Waals surface area contributed by atoms with Crippen LogP contribution in [0.4, 0.5) is 0 Å². The van der Waals surface area contributed by atoms with Crippen molar-refractivity contribution < 1.29 is 29.6 Å². The molecule has 23 heavy (non-hydrogen) atoms. The molecule has 7 heteroatoms. The molecule has 4 nitrogen and oxygen atoms in total. The van der Waals surface area contributed by atoms with Gasteiger partial charge in [-0.25, -0.2) is 4.79 Å². The summed E-state index contributed by atoms with van der Waals surface area (Å²) in [5.74, 6) is -1.23. The van der Waals surface area contributed by atoms with Crippen LogP contribution in [0.2, 0.25) is 0 Å². The predicted octanol–water partition coefficient (Wildman–Crippen LogP) is 4.89. The van der Waals surface area contributed by atoms with Gasteiger partial charge in [0.1, 0.15) is 17.1 Å². The first kappa shape index (κ1) is 20.6. The molecular formula is C16H16I2O4V. The molecule has 0 aliphatic heterocycles. The van der Waals surface area contributed by atoms with Gasteiger partial charge in [0.15, 0.2) is 0 Å². The molecule has 0 amide bonds. The molecule has 0 saturated carbocycles. The van der Waals surface area contributed by atoms with Gasteiger partial charge in [0, 0.05) is 5.41 Å². The van der Waals surface area contributed by atoms with Crippen molar-refractivity contribution in [2.75, 3.05) is 0 Å². The first-order valence-electron chi connectivity index (χ1n) is 6.52. The Kier molecular flexibility index (Phi) is 8.19. The van der Waals surface area contributed by atoms with Crippen LogP contribution >= 0.6 is 40.0 Å². The van der Waals surface area contributed by atoms with E-state index in [2.05, 4.69) is 40.0 Å². The summed E-state index contributed by atoms with van der Waals surface area (Å²) in [5, 5.41) is 28.0. The molecule has 0 aliphatic carbocycles. The molecule has 0 aliphatic rings. The summed E-state index contributed by atoms with van der Waals surface area (Å²) in [7, 11) is 0.628. The van der Waals surface area contributed by atoms with Gasteiger partial charge in [-0.1, -0.05) is 32.0 Å². The molecule has 0 bridgehead atoms. The Balaban J connectivity index is 0.000000816. The van der Waals surface area contributed by atoms with Crippen molar-refractivity contribution in [3.63, 3.8) is 0 Å². The molecule has 0 unspecified atom stereocenters. The van der Waals surface area contributed by atoms with Gasteiger partial charge < -0.3 is 15.3 Å². The summed E-state index contributed by atoms with van der Waals surface area (Å²) >= 11 is 4.74. The number of hydrogen-bond acceptors (Lipinski definition) is 3. The third-order valence-corrected chi connectivity index (χ3v) is 3.54. The molecule has 0 saturated heterocycles. The average molecular weight is 577 g/mol. The molecule has 2 rings (SSSR count). The molecule has 0 heterocycles. The number of aromatic hydroxyl groups is 2. The summed E-state index contributed by atoms with van der Waals surface area (Å²) in [6, 6.07) is 11.3. The fourth-order valence-corrected chi connectivity index (χ4v) is 2.14. The zero-order valence-corrected chi connectivity index (χ0v) is 18.2. The van der Waals surface area contributed by atoms with E-state index in [9.17, 15) is 15.0 Å². The Morgan fingerprint density at radius 3 is 1.96 bits per heavy atom. The second-order valence-corrected chi connectivity index (χ2v) is 17.1. The van der Waals surface area contributed by atoms with Crippen molar-refractivity contribution >= 4 is 45.9 Å². The van der Waals surface area contributed by atoms with Crippen LogP contribution in [-0.2, 0) is 14.9 Å². The van der Waals surface area contributed by atoms with Gasteiger partial charge in [0.25, 0.3) is 0 Å². The maximum absolute atomic E-state index is 11.1. The average Bonchev–Trinajstić information content (AvgIpc) is 2.48. The third-order valence-electron chi connectivity index (χ3n) is 3.54. The number of hydrogen-bond donors (Lipinski definition) is 3. The number of carboxylic acids is 1. The fourth-order valence-electron chi connectivity index (χ4n) is 2.14. The number of aromatic carboxylic acids is 1. The first-order chi connectivity index (χ1) is 10.7. The molecule has 0 spiro atoms. The number of phenolic OH excluding ortho intramolecular Hbond substituents is 1. The standard InChI is InChI=1S/C16H16O4.2HI.V/c1-16(2,10-3-6-12(17)7-4-10)11-5-8-14(18)13(9-11)15(19)20;;;/h3-9,17-18H,1-2H3,(H,19,20);2*1H;/q;;;+2/p-2. The topological polar surface area (TPSA) is 77.8 Å². The van der Waals surface area contributed by atoms with Crippen LogP contribution in [0.25, 0.3) is 0 Å². The van der Waals surface area contributed by atoms with E-state index in [4.69, 9.17) is 5.11 Å². The SMILES string of the molecule is CC(C)(c1ccc(O)cc1)c1ccc(O)c(C(=O)O)c1.[I][V][I]. The van der Waals surface area contributed by atoms with Gasteiger partial charge in [0.05, 0.1) is 0 Å². The Bertz CT molecular complexity index is 672. The van der Waals surface area contributed by atoms with E-state index in [-0.39, 0.29) is 17.1 Å². The Hall–Kier alpha value is -0.446. The minimum atomic E-state index is -1.16. The zero-order chi connectivity index (χ0) is 17.6. The number of carbonyl (C=O) groups is 1. The molecule has 2 aromatic carbocycles. The van der Waals surface area contributed by atoms with Gasteiger partial charge in [-0.3, -0.25) is 0 Å². The van der Waals surface area contributed by atoms with Crippen molar-refractivity contribution in [1.82, 2.24) is 0 Å². The van der Waals surface area contributed by atoms with Gasteiger partial charge in [0.2, 0.25) is 0 Å². The van der Waals surface area contributed by atoms with Gasteiger partial charge >= 0.3 is 55.4 Å². The van der Waals surface area contributed by atoms with Crippen LogP contribution in [0.1, 0.15) is 35.3 Å². The fraction of sp³-hybridized carbons (Fsp3) is 0.188. The summed E-state index contributed by atoms with van der Waals surface area (Å²) in [6.07, 6.45) is 0. The van der Waals surface area contributed by atoms with E-state index in [0.717, 1.165) is 11.1 Å². The monoisotopic (exact) mass is 577 g/mol. The summed E-state index contributed by atoms with van der Waals surface area (Å²) < 4.78 is 0. The third kappa shape index (κ3) is 5.54. The number of benzene rings is 2. The van der Waals surface area contributed by atoms with E-state index in [0.29, 0.717) is 9.47 Å². The van der Waals surface area contributed by atoms with E-state index in [1.807, 2.05) is 13.8 Å². The zero-order valence-electron chi connectivity index (χ0n) is 12.5. The van der Waals surface area contributed by atoms with Crippen LogP contribution in [0.15, 0.2) is 42.5 Å². The van der Waals surface area contributed by atoms with E-state index >= 15 is 0 Å². The quantitative estimate of drug-likeness (QED) is 0.455. The van der Waals surface area contributed by atoms with Crippen molar-refractivity contribution in [2.24, 2.45) is 0 Å². The normalized spacial score (nSPS) is 10.4. The number of rotatable bonds is 3. The van der Waals surface area contributed by atoms with Crippen molar-refractivity contribution in [3.8, 4) is 11.5 Å². The summed E-state index contributed by atoms with van der Waals surface area (Å²) in [4.78, 5) is 11.1. The molecule has 3 N–H and O–H groups in total. The van der Waals surface area contributed by atoms with Gasteiger partial charge in [-0.15, -0.1) is 0 Å². The van der Waals surface area contributed by atoms with Gasteiger partial charge in [-0.05, 0) is 35.4 Å². The van der Waals surface area contributed by atoms with Crippen LogP contribution < -0.4 is 0 Å². The van der Waals surface area contributed by atoms with Crippen molar-refractivity contribution in [3.05, 3.63) is 59.2 Å². The molecule has 0 atom stereocenters. The first-order valence-corrected chi connectivity index (χ1v) is 15.5. The Morgan fingerprint density at radius 1 is 1.00 bits per heavy atom. The van der Waals surface area contributed by atoms with Crippen LogP contribution in [0, 0.1) is 0 Å². The van der Waals surface area contributed by atoms with Gasteiger partial charge in [-0.2, -0.15) is 0 Å². The van der Waals surface area contributed by atoms with E-state index in [1.165, 1.54) is 12.1 Å². The van der Waals surface area contributed by atoms with Crippen molar-refractivity contribution in [1.29, 1.82) is 0 Å². The van der Waals surface area contributed by atoms with Crippen LogP contribution in [-0.4, -0.2) is 21.3 Å². The molecular weight excluding hydrogens is 561 g/mol. The molecule has 0 radical (unpaired) electrons. The Morgan fingerprint density at radius 2 is 1.48 bits per heavy atom. The number of carboxylic acid groups (broad SMARTS) is 1. The van der Waals surface area contributed by atoms with E-state index in [1.54, 1.807) is 30.3 Å². The number of halogens is 2. The second kappa shape index (κ2) is 9.15. The summed E-state index contributed by atoms with van der Waals surface area (Å²) in [5.41, 5.74) is 1.16. The van der Waals surface area contributed by atoms with Crippen LogP contribution in [0.3, 0.4) is 0 Å². The molecule has 2 aromatic rings. The van der Waals surface area contributed by atoms with Crippen molar-refractivity contribution in [2.45, 2.75) is 19.3 Å². The predicted molar refractivity (Wildman–Crippen MR) is 103 cm³/mol. The van der Waals surface area contributed by atoms with Crippen LogP contribution in [0.5, 0.6) is 11.5 Å². The minimum absolute atomic E-state index is 0.116.